The maximum atomic E-state index is 12.8. The fraction of sp³-hybridized carbons (Fsp3) is 0.680. The first-order valence-corrected chi connectivity index (χ1v) is 12.7. The van der Waals surface area contributed by atoms with Gasteiger partial charge in [-0.2, -0.15) is 0 Å². The van der Waals surface area contributed by atoms with Crippen molar-refractivity contribution >= 4 is 29.2 Å². The number of ether oxygens (including phenoxy) is 2. The van der Waals surface area contributed by atoms with Crippen molar-refractivity contribution in [3.05, 3.63) is 22.2 Å². The van der Waals surface area contributed by atoms with Crippen LogP contribution in [0.15, 0.2) is 6.07 Å². The zero-order valence-corrected chi connectivity index (χ0v) is 20.7. The van der Waals surface area contributed by atoms with Gasteiger partial charge >= 0.3 is 5.97 Å². The predicted octanol–water partition coefficient (Wildman–Crippen LogP) is 4.20. The molecule has 0 aliphatic carbocycles. The number of halogens is 1. The molecule has 0 spiro atoms. The van der Waals surface area contributed by atoms with Gasteiger partial charge in [-0.25, -0.2) is 0 Å². The van der Waals surface area contributed by atoms with Crippen LogP contribution in [0.4, 0.5) is 5.69 Å². The number of likely N-dealkylation sites (tertiary alicyclic amines) is 1. The number of esters is 1. The molecule has 1 aromatic rings. The van der Waals surface area contributed by atoms with E-state index in [4.69, 9.17) is 26.8 Å². The Balaban J connectivity index is 1.49. The number of nitrogens with two attached hydrogens (primary N) is 1. The molecule has 1 amide bonds. The number of anilines is 1. The number of unbranched alkanes of at least 4 members (excludes halogenated alkanes) is 4. The molecule has 3 rings (SSSR count). The molecule has 0 radical (unpaired) electrons. The topological polar surface area (TPSA) is 93.9 Å². The van der Waals surface area contributed by atoms with E-state index in [0.717, 1.165) is 50.8 Å². The van der Waals surface area contributed by atoms with Crippen molar-refractivity contribution in [3.8, 4) is 5.75 Å². The molecule has 33 heavy (non-hydrogen) atoms. The number of nitrogens with one attached hydrogen (secondary N) is 1. The normalized spacial score (nSPS) is 17.3. The standard InChI is InChI=1S/C25H38ClN3O4/c1-3-4-5-6-7-8-21(25(31)32-2)29-12-9-17(10-13-29)16-28-24(30)19-15-20(26)22(27)18-11-14-33-23(18)19/h15,17,21H,3-14,16,27H2,1-2H3,(H,28,30). The lowest BCUT2D eigenvalue weighted by molar-refractivity contribution is -0.148. The van der Waals surface area contributed by atoms with Crippen LogP contribution < -0.4 is 15.8 Å². The van der Waals surface area contributed by atoms with E-state index in [1.807, 2.05) is 0 Å². The smallest absolute Gasteiger partial charge is 0.323 e. The summed E-state index contributed by atoms with van der Waals surface area (Å²) in [6.45, 7) is 4.97. The molecule has 2 heterocycles. The van der Waals surface area contributed by atoms with Gasteiger partial charge in [0.15, 0.2) is 0 Å². The van der Waals surface area contributed by atoms with Gasteiger partial charge in [0.05, 0.1) is 30.0 Å². The average molecular weight is 480 g/mol. The van der Waals surface area contributed by atoms with Crippen LogP contribution in [0.3, 0.4) is 0 Å². The molecule has 3 N–H and O–H groups in total. The van der Waals surface area contributed by atoms with Crippen molar-refractivity contribution in [1.82, 2.24) is 10.2 Å². The third-order valence-corrected chi connectivity index (χ3v) is 7.22. The number of rotatable bonds is 11. The number of carbonyl (C=O) groups is 2. The molecular formula is C25H38ClN3O4. The van der Waals surface area contributed by atoms with Gasteiger partial charge in [-0.3, -0.25) is 14.5 Å². The lowest BCUT2D eigenvalue weighted by atomic mass is 9.94. The molecule has 1 aromatic carbocycles. The van der Waals surface area contributed by atoms with Crippen molar-refractivity contribution in [2.75, 3.05) is 39.1 Å². The largest absolute Gasteiger partial charge is 0.492 e. The second kappa shape index (κ2) is 12.5. The molecule has 184 valence electrons. The maximum absolute atomic E-state index is 12.8. The Bertz CT molecular complexity index is 824. The summed E-state index contributed by atoms with van der Waals surface area (Å²) in [7, 11) is 1.47. The summed E-state index contributed by atoms with van der Waals surface area (Å²) >= 11 is 6.23. The number of nitrogens with zero attached hydrogens (tertiary/aromatic N) is 1. The Morgan fingerprint density at radius 2 is 2.00 bits per heavy atom. The van der Waals surface area contributed by atoms with Gasteiger partial charge in [-0.1, -0.05) is 50.6 Å². The average Bonchev–Trinajstić information content (AvgIpc) is 3.32. The highest BCUT2D eigenvalue weighted by Crippen LogP contribution is 2.38. The van der Waals surface area contributed by atoms with Crippen molar-refractivity contribution in [2.45, 2.75) is 70.8 Å². The summed E-state index contributed by atoms with van der Waals surface area (Å²) in [5.41, 5.74) is 7.81. The van der Waals surface area contributed by atoms with E-state index in [9.17, 15) is 9.59 Å². The van der Waals surface area contributed by atoms with E-state index >= 15 is 0 Å². The van der Waals surface area contributed by atoms with E-state index in [2.05, 4.69) is 17.1 Å². The summed E-state index contributed by atoms with van der Waals surface area (Å²) in [6.07, 6.45) is 9.27. The zero-order valence-electron chi connectivity index (χ0n) is 20.0. The van der Waals surface area contributed by atoms with E-state index in [1.54, 1.807) is 6.07 Å². The van der Waals surface area contributed by atoms with Crippen LogP contribution in [-0.4, -0.2) is 56.2 Å². The SMILES string of the molecule is CCCCCCCC(C(=O)OC)N1CCC(CNC(=O)c2cc(Cl)c(N)c3c2OCC3)CC1. The highest BCUT2D eigenvalue weighted by atomic mass is 35.5. The minimum absolute atomic E-state index is 0.133. The number of nitrogen functional groups attached to an aromatic ring is 1. The van der Waals surface area contributed by atoms with Crippen LogP contribution in [0.25, 0.3) is 0 Å². The van der Waals surface area contributed by atoms with Gasteiger partial charge in [0.1, 0.15) is 11.8 Å². The van der Waals surface area contributed by atoms with E-state index < -0.39 is 0 Å². The summed E-state index contributed by atoms with van der Waals surface area (Å²) < 4.78 is 10.7. The van der Waals surface area contributed by atoms with Crippen LogP contribution in [0, 0.1) is 5.92 Å². The van der Waals surface area contributed by atoms with Crippen molar-refractivity contribution < 1.29 is 19.1 Å². The van der Waals surface area contributed by atoms with Crippen molar-refractivity contribution in [2.24, 2.45) is 5.92 Å². The van der Waals surface area contributed by atoms with Crippen LogP contribution in [0.1, 0.15) is 74.2 Å². The number of hydrogen-bond donors (Lipinski definition) is 2. The van der Waals surface area contributed by atoms with Gasteiger partial charge in [0.2, 0.25) is 0 Å². The fourth-order valence-corrected chi connectivity index (χ4v) is 5.09. The molecule has 0 aromatic heterocycles. The monoisotopic (exact) mass is 479 g/mol. The lowest BCUT2D eigenvalue weighted by Gasteiger charge is -2.36. The Morgan fingerprint density at radius 1 is 1.27 bits per heavy atom. The van der Waals surface area contributed by atoms with Gasteiger partial charge in [0.25, 0.3) is 5.91 Å². The lowest BCUT2D eigenvalue weighted by Crippen LogP contribution is -2.47. The molecule has 2 aliphatic heterocycles. The minimum Gasteiger partial charge on any atom is -0.492 e. The molecule has 1 saturated heterocycles. The Labute approximate surface area is 202 Å². The third-order valence-electron chi connectivity index (χ3n) is 6.91. The summed E-state index contributed by atoms with van der Waals surface area (Å²) in [5, 5.41) is 3.44. The van der Waals surface area contributed by atoms with E-state index in [0.29, 0.717) is 47.5 Å². The highest BCUT2D eigenvalue weighted by Gasteiger charge is 2.31. The molecule has 0 saturated carbocycles. The molecule has 8 heteroatoms. The van der Waals surface area contributed by atoms with E-state index in [-0.39, 0.29) is 17.9 Å². The van der Waals surface area contributed by atoms with Crippen LogP contribution >= 0.6 is 11.6 Å². The minimum atomic E-state index is -0.183. The Morgan fingerprint density at radius 3 is 2.70 bits per heavy atom. The molecule has 1 unspecified atom stereocenters. The number of hydrogen-bond acceptors (Lipinski definition) is 6. The zero-order chi connectivity index (χ0) is 23.8. The molecule has 2 aliphatic rings. The Kier molecular flexibility index (Phi) is 9.68. The van der Waals surface area contributed by atoms with Crippen molar-refractivity contribution in [1.29, 1.82) is 0 Å². The molecule has 7 nitrogen and oxygen atoms in total. The quantitative estimate of drug-likeness (QED) is 0.280. The predicted molar refractivity (Wildman–Crippen MR) is 131 cm³/mol. The van der Waals surface area contributed by atoms with Gasteiger partial charge in [0, 0.05) is 18.5 Å². The first-order valence-electron chi connectivity index (χ1n) is 12.3. The van der Waals surface area contributed by atoms with Crippen LogP contribution in [0.5, 0.6) is 5.75 Å². The second-order valence-electron chi connectivity index (χ2n) is 9.16. The maximum Gasteiger partial charge on any atom is 0.323 e. The third kappa shape index (κ3) is 6.54. The molecule has 1 atom stereocenters. The second-order valence-corrected chi connectivity index (χ2v) is 9.56. The van der Waals surface area contributed by atoms with Gasteiger partial charge < -0.3 is 20.5 Å². The number of amides is 1. The molecule has 1 fully saturated rings. The van der Waals surface area contributed by atoms with Crippen LogP contribution in [0.2, 0.25) is 5.02 Å². The fourth-order valence-electron chi connectivity index (χ4n) is 4.86. The first-order chi connectivity index (χ1) is 16.0. The number of piperidine rings is 1. The highest BCUT2D eigenvalue weighted by molar-refractivity contribution is 6.33. The molecule has 0 bridgehead atoms. The van der Waals surface area contributed by atoms with Gasteiger partial charge in [-0.05, 0) is 44.3 Å². The van der Waals surface area contributed by atoms with Gasteiger partial charge in [-0.15, -0.1) is 0 Å². The molecular weight excluding hydrogens is 442 g/mol. The number of benzene rings is 1. The first kappa shape index (κ1) is 25.6. The van der Waals surface area contributed by atoms with Crippen molar-refractivity contribution in [3.63, 3.8) is 0 Å². The summed E-state index contributed by atoms with van der Waals surface area (Å²) in [6, 6.07) is 1.43. The number of fused-ring (bicyclic) bond motifs is 1. The van der Waals surface area contributed by atoms with E-state index in [1.165, 1.54) is 26.4 Å². The summed E-state index contributed by atoms with van der Waals surface area (Å²) in [5.74, 6) is 0.610. The number of carbonyl (C=O) groups excluding carboxylic acids is 2. The van der Waals surface area contributed by atoms with Crippen LogP contribution in [-0.2, 0) is 16.0 Å². The summed E-state index contributed by atoms with van der Waals surface area (Å²) in [4.78, 5) is 27.5. The number of methoxy groups -OCH3 is 1. The Hall–Kier alpha value is -1.99.